The molecule has 0 aliphatic carbocycles. The molecule has 0 spiro atoms. The summed E-state index contributed by atoms with van der Waals surface area (Å²) in [5.74, 6) is -0.210. The number of aliphatic hydroxyl groups is 1. The summed E-state index contributed by atoms with van der Waals surface area (Å²) in [7, 11) is 0. The number of hydrogen-bond donors (Lipinski definition) is 2. The predicted molar refractivity (Wildman–Crippen MR) is 74.0 cm³/mol. The second-order valence-electron chi connectivity index (χ2n) is 4.63. The molecule has 2 aromatic rings. The van der Waals surface area contributed by atoms with Crippen molar-refractivity contribution in [1.82, 2.24) is 5.32 Å². The first-order valence-corrected chi connectivity index (χ1v) is 6.36. The Kier molecular flexibility index (Phi) is 4.66. The Labute approximate surface area is 112 Å². The molecule has 0 aliphatic rings. The van der Waals surface area contributed by atoms with Gasteiger partial charge in [-0.15, -0.1) is 0 Å². The van der Waals surface area contributed by atoms with Crippen molar-refractivity contribution in [1.29, 1.82) is 0 Å². The Morgan fingerprint density at radius 3 is 2.42 bits per heavy atom. The fourth-order valence-electron chi connectivity index (χ4n) is 1.93. The van der Waals surface area contributed by atoms with Crippen LogP contribution >= 0.6 is 0 Å². The van der Waals surface area contributed by atoms with Crippen LogP contribution in [-0.4, -0.2) is 5.11 Å². The maximum absolute atomic E-state index is 13.1. The SMILES string of the molecule is C[C@H](NCc1ccc(CO)cc1)c1cccc(F)c1. The van der Waals surface area contributed by atoms with Gasteiger partial charge in [-0.2, -0.15) is 0 Å². The fraction of sp³-hybridized carbons (Fsp3) is 0.250. The lowest BCUT2D eigenvalue weighted by molar-refractivity contribution is 0.282. The molecule has 2 aromatic carbocycles. The molecule has 0 bridgehead atoms. The van der Waals surface area contributed by atoms with Gasteiger partial charge in [-0.3, -0.25) is 0 Å². The van der Waals surface area contributed by atoms with Crippen molar-refractivity contribution in [2.45, 2.75) is 26.1 Å². The first kappa shape index (κ1) is 13.7. The molecule has 3 heteroatoms. The van der Waals surface area contributed by atoms with Gasteiger partial charge in [0.25, 0.3) is 0 Å². The summed E-state index contributed by atoms with van der Waals surface area (Å²) in [5.41, 5.74) is 2.98. The van der Waals surface area contributed by atoms with E-state index in [1.165, 1.54) is 6.07 Å². The van der Waals surface area contributed by atoms with Crippen LogP contribution in [0.2, 0.25) is 0 Å². The minimum Gasteiger partial charge on any atom is -0.392 e. The van der Waals surface area contributed by atoms with Crippen molar-refractivity contribution in [2.24, 2.45) is 0 Å². The van der Waals surface area contributed by atoms with E-state index >= 15 is 0 Å². The van der Waals surface area contributed by atoms with Crippen LogP contribution in [-0.2, 0) is 13.2 Å². The van der Waals surface area contributed by atoms with Crippen molar-refractivity contribution < 1.29 is 9.50 Å². The molecule has 0 radical (unpaired) electrons. The maximum atomic E-state index is 13.1. The summed E-state index contributed by atoms with van der Waals surface area (Å²) in [6.07, 6.45) is 0. The second-order valence-corrected chi connectivity index (χ2v) is 4.63. The Morgan fingerprint density at radius 2 is 1.79 bits per heavy atom. The minimum atomic E-state index is -0.210. The molecular weight excluding hydrogens is 241 g/mol. The van der Waals surface area contributed by atoms with E-state index in [0.29, 0.717) is 6.54 Å². The normalized spacial score (nSPS) is 12.4. The predicted octanol–water partition coefficient (Wildman–Crippen LogP) is 3.17. The average molecular weight is 259 g/mol. The summed E-state index contributed by atoms with van der Waals surface area (Å²) in [5, 5.41) is 12.3. The molecule has 0 aromatic heterocycles. The van der Waals surface area contributed by atoms with Gasteiger partial charge in [-0.25, -0.2) is 4.39 Å². The Morgan fingerprint density at radius 1 is 1.11 bits per heavy atom. The zero-order valence-electron chi connectivity index (χ0n) is 10.9. The van der Waals surface area contributed by atoms with E-state index in [1.807, 2.05) is 37.3 Å². The van der Waals surface area contributed by atoms with Crippen molar-refractivity contribution in [3.05, 3.63) is 71.0 Å². The van der Waals surface area contributed by atoms with Crippen LogP contribution in [0.4, 0.5) is 4.39 Å². The third kappa shape index (κ3) is 3.88. The first-order chi connectivity index (χ1) is 9.19. The third-order valence-corrected chi connectivity index (χ3v) is 3.17. The molecule has 0 fully saturated rings. The van der Waals surface area contributed by atoms with Gasteiger partial charge in [0.1, 0.15) is 5.82 Å². The smallest absolute Gasteiger partial charge is 0.123 e. The van der Waals surface area contributed by atoms with Gasteiger partial charge in [-0.05, 0) is 35.7 Å². The molecule has 0 saturated heterocycles. The molecule has 0 saturated carbocycles. The largest absolute Gasteiger partial charge is 0.392 e. The van der Waals surface area contributed by atoms with E-state index in [2.05, 4.69) is 5.32 Å². The van der Waals surface area contributed by atoms with Crippen molar-refractivity contribution in [2.75, 3.05) is 0 Å². The number of nitrogens with one attached hydrogen (secondary N) is 1. The van der Waals surface area contributed by atoms with Gasteiger partial charge in [0.05, 0.1) is 6.61 Å². The number of halogens is 1. The standard InChI is InChI=1S/C16H18FNO/c1-12(15-3-2-4-16(17)9-15)18-10-13-5-7-14(11-19)8-6-13/h2-9,12,18-19H,10-11H2,1H3/t12-/m0/s1. The van der Waals surface area contributed by atoms with Crippen LogP contribution in [0.3, 0.4) is 0 Å². The lowest BCUT2D eigenvalue weighted by Crippen LogP contribution is -2.18. The van der Waals surface area contributed by atoms with E-state index in [4.69, 9.17) is 5.11 Å². The summed E-state index contributed by atoms with van der Waals surface area (Å²) in [4.78, 5) is 0. The number of rotatable bonds is 5. The second kappa shape index (κ2) is 6.45. The molecule has 2 N–H and O–H groups in total. The van der Waals surface area contributed by atoms with Crippen LogP contribution in [0.1, 0.15) is 29.7 Å². The summed E-state index contributed by atoms with van der Waals surface area (Å²) >= 11 is 0. The Bertz CT molecular complexity index is 525. The van der Waals surface area contributed by atoms with Gasteiger partial charge in [0.2, 0.25) is 0 Å². The van der Waals surface area contributed by atoms with Crippen LogP contribution in [0.25, 0.3) is 0 Å². The van der Waals surface area contributed by atoms with E-state index < -0.39 is 0 Å². The highest BCUT2D eigenvalue weighted by molar-refractivity contribution is 5.23. The maximum Gasteiger partial charge on any atom is 0.123 e. The summed E-state index contributed by atoms with van der Waals surface area (Å²) in [6, 6.07) is 14.5. The monoisotopic (exact) mass is 259 g/mol. The number of benzene rings is 2. The molecule has 0 aliphatic heterocycles. The van der Waals surface area contributed by atoms with Crippen LogP contribution in [0.5, 0.6) is 0 Å². The highest BCUT2D eigenvalue weighted by Crippen LogP contribution is 2.14. The Balaban J connectivity index is 1.94. The van der Waals surface area contributed by atoms with Crippen molar-refractivity contribution >= 4 is 0 Å². The first-order valence-electron chi connectivity index (χ1n) is 6.36. The zero-order chi connectivity index (χ0) is 13.7. The minimum absolute atomic E-state index is 0.0629. The highest BCUT2D eigenvalue weighted by atomic mass is 19.1. The third-order valence-electron chi connectivity index (χ3n) is 3.17. The topological polar surface area (TPSA) is 32.3 Å². The quantitative estimate of drug-likeness (QED) is 0.864. The van der Waals surface area contributed by atoms with Crippen LogP contribution < -0.4 is 5.32 Å². The number of hydrogen-bond acceptors (Lipinski definition) is 2. The van der Waals surface area contributed by atoms with Crippen molar-refractivity contribution in [3.63, 3.8) is 0 Å². The highest BCUT2D eigenvalue weighted by Gasteiger charge is 2.05. The van der Waals surface area contributed by atoms with E-state index in [-0.39, 0.29) is 18.5 Å². The van der Waals surface area contributed by atoms with Crippen molar-refractivity contribution in [3.8, 4) is 0 Å². The molecule has 0 heterocycles. The van der Waals surface area contributed by atoms with Gasteiger partial charge < -0.3 is 10.4 Å². The Hall–Kier alpha value is -1.71. The molecule has 2 rings (SSSR count). The zero-order valence-corrected chi connectivity index (χ0v) is 10.9. The molecule has 1 atom stereocenters. The van der Waals surface area contributed by atoms with E-state index in [0.717, 1.165) is 16.7 Å². The van der Waals surface area contributed by atoms with Gasteiger partial charge in [-0.1, -0.05) is 36.4 Å². The summed E-state index contributed by atoms with van der Waals surface area (Å²) in [6.45, 7) is 2.79. The molecule has 19 heavy (non-hydrogen) atoms. The average Bonchev–Trinajstić information content (AvgIpc) is 2.45. The van der Waals surface area contributed by atoms with Gasteiger partial charge in [0.15, 0.2) is 0 Å². The lowest BCUT2D eigenvalue weighted by Gasteiger charge is -2.14. The van der Waals surface area contributed by atoms with E-state index in [1.54, 1.807) is 12.1 Å². The molecule has 100 valence electrons. The van der Waals surface area contributed by atoms with Crippen LogP contribution in [0.15, 0.2) is 48.5 Å². The molecule has 0 amide bonds. The van der Waals surface area contributed by atoms with Gasteiger partial charge >= 0.3 is 0 Å². The van der Waals surface area contributed by atoms with E-state index in [9.17, 15) is 4.39 Å². The molecular formula is C16H18FNO. The summed E-state index contributed by atoms with van der Waals surface area (Å²) < 4.78 is 13.1. The van der Waals surface area contributed by atoms with Crippen LogP contribution in [0, 0.1) is 5.82 Å². The number of aliphatic hydroxyl groups excluding tert-OH is 1. The molecule has 0 unspecified atom stereocenters. The lowest BCUT2D eigenvalue weighted by atomic mass is 10.1. The molecule has 2 nitrogen and oxygen atoms in total. The fourth-order valence-corrected chi connectivity index (χ4v) is 1.93. The van der Waals surface area contributed by atoms with Gasteiger partial charge in [0, 0.05) is 12.6 Å².